The Balaban J connectivity index is 2.05. The van der Waals surface area contributed by atoms with E-state index in [0.29, 0.717) is 23.7 Å². The van der Waals surface area contributed by atoms with E-state index in [9.17, 15) is 4.79 Å². The second kappa shape index (κ2) is 9.94. The topological polar surface area (TPSA) is 83.7 Å². The number of carbonyl (C=O) groups excluding carboxylic acids is 1. The number of Topliss-reactive ketones (excluding diaryl/α,β-unsaturated/α-hetero) is 1. The van der Waals surface area contributed by atoms with E-state index in [0.717, 1.165) is 33.5 Å². The monoisotopic (exact) mass is 440 g/mol. The Labute approximate surface area is 187 Å². The maximum atomic E-state index is 12.4. The first-order chi connectivity index (χ1) is 14.9. The van der Waals surface area contributed by atoms with Crippen LogP contribution in [-0.2, 0) is 11.2 Å². The number of benzene rings is 2. The summed E-state index contributed by atoms with van der Waals surface area (Å²) in [5, 5.41) is 2.01. The van der Waals surface area contributed by atoms with Crippen molar-refractivity contribution in [2.75, 3.05) is 21.3 Å². The molecule has 0 saturated carbocycles. The zero-order valence-electron chi connectivity index (χ0n) is 18.5. The highest BCUT2D eigenvalue weighted by atomic mass is 32.1. The van der Waals surface area contributed by atoms with Gasteiger partial charge >= 0.3 is 0 Å². The maximum Gasteiger partial charge on any atom is 0.163 e. The van der Waals surface area contributed by atoms with Crippen LogP contribution >= 0.6 is 11.5 Å². The van der Waals surface area contributed by atoms with Crippen LogP contribution in [0.4, 0.5) is 0 Å². The molecule has 1 heterocycles. The Bertz CT molecular complexity index is 1080. The molecule has 0 amide bonds. The van der Waals surface area contributed by atoms with Gasteiger partial charge in [0, 0.05) is 28.5 Å². The standard InChI is InChI=1S/C24H28N2O4S/c1-6-19(25)20(27)11-16-10-15(7-8-21(16)28-3)18-13-31-26-23(18)17-9-14(2)24(30-5)22(12-17)29-4/h7-10,12-13,19H,6,11,25H2,1-5H3. The number of rotatable bonds is 9. The number of ketones is 1. The van der Waals surface area contributed by atoms with E-state index >= 15 is 0 Å². The molecule has 0 aliphatic heterocycles. The van der Waals surface area contributed by atoms with E-state index < -0.39 is 6.04 Å². The van der Waals surface area contributed by atoms with Gasteiger partial charge in [-0.1, -0.05) is 13.0 Å². The quantitative estimate of drug-likeness (QED) is 0.521. The van der Waals surface area contributed by atoms with E-state index in [2.05, 4.69) is 4.37 Å². The summed E-state index contributed by atoms with van der Waals surface area (Å²) >= 11 is 1.38. The largest absolute Gasteiger partial charge is 0.496 e. The maximum absolute atomic E-state index is 12.4. The van der Waals surface area contributed by atoms with Crippen LogP contribution in [0.2, 0.25) is 0 Å². The number of ether oxygens (including phenoxy) is 3. The van der Waals surface area contributed by atoms with E-state index in [1.807, 2.05) is 49.6 Å². The first-order valence-corrected chi connectivity index (χ1v) is 10.9. The van der Waals surface area contributed by atoms with Gasteiger partial charge in [-0.05, 0) is 60.3 Å². The van der Waals surface area contributed by atoms with Gasteiger partial charge in [-0.25, -0.2) is 0 Å². The van der Waals surface area contributed by atoms with Gasteiger partial charge in [-0.2, -0.15) is 4.37 Å². The number of nitrogens with zero attached hydrogens (tertiary/aromatic N) is 1. The Morgan fingerprint density at radius 1 is 1.06 bits per heavy atom. The summed E-state index contributed by atoms with van der Waals surface area (Å²) in [4.78, 5) is 12.4. The van der Waals surface area contributed by atoms with Crippen molar-refractivity contribution in [3.05, 3.63) is 46.8 Å². The molecule has 3 rings (SSSR count). The molecule has 7 heteroatoms. The van der Waals surface area contributed by atoms with Crippen molar-refractivity contribution in [2.24, 2.45) is 5.73 Å². The summed E-state index contributed by atoms with van der Waals surface area (Å²) in [6, 6.07) is 9.35. The SMILES string of the molecule is CCC(N)C(=O)Cc1cc(-c2csnc2-c2cc(C)c(OC)c(OC)c2)ccc1OC. The molecule has 0 spiro atoms. The molecule has 0 saturated heterocycles. The molecular formula is C24H28N2O4S. The number of hydrogen-bond donors (Lipinski definition) is 1. The molecule has 1 unspecified atom stereocenters. The molecule has 164 valence electrons. The Kier molecular flexibility index (Phi) is 7.30. The van der Waals surface area contributed by atoms with Gasteiger partial charge in [0.1, 0.15) is 5.75 Å². The highest BCUT2D eigenvalue weighted by Gasteiger charge is 2.19. The molecule has 0 fully saturated rings. The molecule has 0 bridgehead atoms. The number of carbonyl (C=O) groups is 1. The minimum absolute atomic E-state index is 0.00265. The lowest BCUT2D eigenvalue weighted by molar-refractivity contribution is -0.119. The fourth-order valence-electron chi connectivity index (χ4n) is 3.57. The molecule has 6 nitrogen and oxygen atoms in total. The minimum Gasteiger partial charge on any atom is -0.496 e. The van der Waals surface area contributed by atoms with Crippen molar-refractivity contribution in [2.45, 2.75) is 32.7 Å². The number of methoxy groups -OCH3 is 3. The van der Waals surface area contributed by atoms with Crippen LogP contribution < -0.4 is 19.9 Å². The molecule has 0 aliphatic carbocycles. The molecule has 1 aromatic heterocycles. The normalized spacial score (nSPS) is 11.8. The fourth-order valence-corrected chi connectivity index (χ4v) is 4.29. The minimum atomic E-state index is -0.471. The highest BCUT2D eigenvalue weighted by Crippen LogP contribution is 2.40. The van der Waals surface area contributed by atoms with Gasteiger partial charge in [0.05, 0.1) is 33.1 Å². The van der Waals surface area contributed by atoms with E-state index in [1.165, 1.54) is 11.5 Å². The smallest absolute Gasteiger partial charge is 0.163 e. The van der Waals surface area contributed by atoms with Gasteiger partial charge in [-0.3, -0.25) is 4.79 Å². The lowest BCUT2D eigenvalue weighted by atomic mass is 9.95. The van der Waals surface area contributed by atoms with E-state index in [4.69, 9.17) is 19.9 Å². The number of aryl methyl sites for hydroxylation is 1. The van der Waals surface area contributed by atoms with Crippen molar-refractivity contribution in [3.63, 3.8) is 0 Å². The van der Waals surface area contributed by atoms with Gasteiger partial charge in [-0.15, -0.1) is 0 Å². The second-order valence-corrected chi connectivity index (χ2v) is 7.92. The Morgan fingerprint density at radius 2 is 1.81 bits per heavy atom. The number of hydrogen-bond acceptors (Lipinski definition) is 7. The lowest BCUT2D eigenvalue weighted by Gasteiger charge is -2.14. The number of nitrogens with two attached hydrogens (primary N) is 1. The molecule has 0 radical (unpaired) electrons. The predicted octanol–water partition coefficient (Wildman–Crippen LogP) is 4.66. The summed E-state index contributed by atoms with van der Waals surface area (Å²) in [6.07, 6.45) is 0.840. The van der Waals surface area contributed by atoms with Gasteiger partial charge in [0.15, 0.2) is 17.3 Å². The second-order valence-electron chi connectivity index (χ2n) is 7.29. The summed E-state index contributed by atoms with van der Waals surface area (Å²) in [5.41, 5.74) is 11.4. The van der Waals surface area contributed by atoms with E-state index in [1.54, 1.807) is 21.3 Å². The van der Waals surface area contributed by atoms with Crippen LogP contribution in [-0.4, -0.2) is 37.5 Å². The molecular weight excluding hydrogens is 412 g/mol. The zero-order valence-corrected chi connectivity index (χ0v) is 19.3. The Hall–Kier alpha value is -2.90. The first-order valence-electron chi connectivity index (χ1n) is 10.1. The summed E-state index contributed by atoms with van der Waals surface area (Å²) in [5.74, 6) is 2.04. The lowest BCUT2D eigenvalue weighted by Crippen LogP contribution is -2.30. The predicted molar refractivity (Wildman–Crippen MR) is 124 cm³/mol. The van der Waals surface area contributed by atoms with Gasteiger partial charge in [0.2, 0.25) is 0 Å². The molecule has 2 N–H and O–H groups in total. The van der Waals surface area contributed by atoms with Crippen molar-refractivity contribution < 1.29 is 19.0 Å². The van der Waals surface area contributed by atoms with Crippen LogP contribution in [0.5, 0.6) is 17.2 Å². The average Bonchev–Trinajstić information content (AvgIpc) is 3.27. The van der Waals surface area contributed by atoms with Crippen molar-refractivity contribution in [3.8, 4) is 39.6 Å². The van der Waals surface area contributed by atoms with Crippen LogP contribution in [0, 0.1) is 6.92 Å². The number of aromatic nitrogens is 1. The third-order valence-electron chi connectivity index (χ3n) is 5.32. The summed E-state index contributed by atoms with van der Waals surface area (Å²) < 4.78 is 21.1. The third-order valence-corrected chi connectivity index (χ3v) is 5.95. The van der Waals surface area contributed by atoms with Gasteiger partial charge in [0.25, 0.3) is 0 Å². The van der Waals surface area contributed by atoms with Crippen LogP contribution in [0.1, 0.15) is 24.5 Å². The average molecular weight is 441 g/mol. The first kappa shape index (κ1) is 22.8. The summed E-state index contributed by atoms with van der Waals surface area (Å²) in [7, 11) is 4.85. The third kappa shape index (κ3) is 4.73. The van der Waals surface area contributed by atoms with Crippen molar-refractivity contribution in [1.29, 1.82) is 0 Å². The molecule has 31 heavy (non-hydrogen) atoms. The van der Waals surface area contributed by atoms with Crippen molar-refractivity contribution in [1.82, 2.24) is 4.37 Å². The molecule has 3 aromatic rings. The molecule has 0 aliphatic rings. The van der Waals surface area contributed by atoms with E-state index in [-0.39, 0.29) is 12.2 Å². The highest BCUT2D eigenvalue weighted by molar-refractivity contribution is 7.04. The van der Waals surface area contributed by atoms with Crippen LogP contribution in [0.15, 0.2) is 35.7 Å². The molecule has 2 aromatic carbocycles. The zero-order chi connectivity index (χ0) is 22.5. The van der Waals surface area contributed by atoms with Crippen LogP contribution in [0.25, 0.3) is 22.4 Å². The van der Waals surface area contributed by atoms with Crippen molar-refractivity contribution >= 4 is 17.3 Å². The van der Waals surface area contributed by atoms with Gasteiger partial charge < -0.3 is 19.9 Å². The molecule has 1 atom stereocenters. The Morgan fingerprint density at radius 3 is 2.45 bits per heavy atom. The van der Waals surface area contributed by atoms with Crippen LogP contribution in [0.3, 0.4) is 0 Å². The summed E-state index contributed by atoms with van der Waals surface area (Å²) in [6.45, 7) is 3.88. The fraction of sp³-hybridized carbons (Fsp3) is 0.333.